The Morgan fingerprint density at radius 1 is 1.33 bits per heavy atom. The summed E-state index contributed by atoms with van der Waals surface area (Å²) in [5.74, 6) is -1.16. The first kappa shape index (κ1) is 14.2. The van der Waals surface area contributed by atoms with Crippen molar-refractivity contribution in [3.05, 3.63) is 23.8 Å². The molecule has 7 nitrogen and oxygen atoms in total. The third kappa shape index (κ3) is 2.56. The van der Waals surface area contributed by atoms with E-state index in [1.807, 2.05) is 0 Å². The van der Waals surface area contributed by atoms with Crippen molar-refractivity contribution in [3.8, 4) is 5.75 Å². The van der Waals surface area contributed by atoms with Crippen LogP contribution in [0.25, 0.3) is 0 Å². The summed E-state index contributed by atoms with van der Waals surface area (Å²) in [6, 6.07) is 3.56. The minimum atomic E-state index is -3.72. The second kappa shape index (κ2) is 4.88. The van der Waals surface area contributed by atoms with Gasteiger partial charge in [0.1, 0.15) is 5.75 Å². The lowest BCUT2D eigenvalue weighted by molar-refractivity contribution is 0.0696. The van der Waals surface area contributed by atoms with Gasteiger partial charge in [-0.1, -0.05) is 0 Å². The molecule has 0 aromatic heterocycles. The molecule has 1 aromatic carbocycles. The molecule has 21 heavy (non-hydrogen) atoms. The molecule has 1 aliphatic carbocycles. The summed E-state index contributed by atoms with van der Waals surface area (Å²) >= 11 is 0. The number of carbonyl (C=O) groups is 1. The molecular formula is C13H16N2O5S. The Balaban J connectivity index is 1.81. The topological polar surface area (TPSA) is 107 Å². The van der Waals surface area contributed by atoms with Crippen LogP contribution in [-0.2, 0) is 10.2 Å². The van der Waals surface area contributed by atoms with Crippen molar-refractivity contribution in [1.29, 1.82) is 0 Å². The maximum atomic E-state index is 12.4. The first-order valence-electron chi connectivity index (χ1n) is 6.73. The molecule has 1 saturated carbocycles. The highest BCUT2D eigenvalue weighted by atomic mass is 32.2. The minimum Gasteiger partial charge on any atom is -0.506 e. The molecule has 0 spiro atoms. The largest absolute Gasteiger partial charge is 0.506 e. The van der Waals surface area contributed by atoms with Crippen LogP contribution < -0.4 is 4.72 Å². The number of hydrogen-bond acceptors (Lipinski definition) is 4. The molecule has 1 saturated heterocycles. The average Bonchev–Trinajstić information content (AvgIpc) is 3.03. The lowest BCUT2D eigenvalue weighted by Crippen LogP contribution is -2.41. The number of anilines is 1. The zero-order valence-corrected chi connectivity index (χ0v) is 12.0. The van der Waals surface area contributed by atoms with Gasteiger partial charge >= 0.3 is 16.2 Å². The Labute approximate surface area is 122 Å². The van der Waals surface area contributed by atoms with E-state index >= 15 is 0 Å². The van der Waals surface area contributed by atoms with Gasteiger partial charge in [-0.3, -0.25) is 4.72 Å². The van der Waals surface area contributed by atoms with E-state index in [0.717, 1.165) is 25.3 Å². The van der Waals surface area contributed by atoms with E-state index < -0.39 is 21.9 Å². The van der Waals surface area contributed by atoms with Crippen molar-refractivity contribution < 1.29 is 23.4 Å². The monoisotopic (exact) mass is 312 g/mol. The second-order valence-corrected chi connectivity index (χ2v) is 7.17. The van der Waals surface area contributed by atoms with E-state index in [1.54, 1.807) is 0 Å². The number of hydrogen-bond donors (Lipinski definition) is 3. The molecule has 0 radical (unpaired) electrons. The minimum absolute atomic E-state index is 0.0113. The number of fused-ring (bicyclic) bond motifs is 2. The van der Waals surface area contributed by atoms with Gasteiger partial charge in [-0.05, 0) is 43.4 Å². The Morgan fingerprint density at radius 3 is 2.62 bits per heavy atom. The van der Waals surface area contributed by atoms with Crippen molar-refractivity contribution >= 4 is 21.9 Å². The summed E-state index contributed by atoms with van der Waals surface area (Å²) in [6.07, 6.45) is 2.83. The summed E-state index contributed by atoms with van der Waals surface area (Å²) in [7, 11) is -3.72. The van der Waals surface area contributed by atoms with Crippen LogP contribution in [-0.4, -0.2) is 41.5 Å². The van der Waals surface area contributed by atoms with Crippen LogP contribution in [0.2, 0.25) is 0 Å². The molecule has 2 aliphatic rings. The van der Waals surface area contributed by atoms with E-state index in [2.05, 4.69) is 4.72 Å². The van der Waals surface area contributed by atoms with Crippen LogP contribution >= 0.6 is 0 Å². The van der Waals surface area contributed by atoms with E-state index in [4.69, 9.17) is 5.11 Å². The summed E-state index contributed by atoms with van der Waals surface area (Å²) in [4.78, 5) is 10.8. The SMILES string of the molecule is O=C(O)c1ccc(NS(=O)(=O)N2CC3CCC2C3)c(O)c1. The molecule has 8 heteroatoms. The highest BCUT2D eigenvalue weighted by molar-refractivity contribution is 7.90. The van der Waals surface area contributed by atoms with Gasteiger partial charge < -0.3 is 10.2 Å². The summed E-state index contributed by atoms with van der Waals surface area (Å²) in [5, 5.41) is 18.6. The Hall–Kier alpha value is -1.80. The molecule has 3 rings (SSSR count). The van der Waals surface area contributed by atoms with Gasteiger partial charge in [-0.2, -0.15) is 12.7 Å². The zero-order valence-electron chi connectivity index (χ0n) is 11.2. The molecular weight excluding hydrogens is 296 g/mol. The van der Waals surface area contributed by atoms with E-state index in [0.29, 0.717) is 12.5 Å². The van der Waals surface area contributed by atoms with Crippen molar-refractivity contribution in [2.75, 3.05) is 11.3 Å². The number of aromatic carboxylic acids is 1. The van der Waals surface area contributed by atoms with Crippen LogP contribution in [0, 0.1) is 5.92 Å². The van der Waals surface area contributed by atoms with Gasteiger partial charge in [0, 0.05) is 12.6 Å². The van der Waals surface area contributed by atoms with Gasteiger partial charge in [-0.25, -0.2) is 4.79 Å². The van der Waals surface area contributed by atoms with Gasteiger partial charge in [0.05, 0.1) is 11.3 Å². The van der Waals surface area contributed by atoms with Crippen molar-refractivity contribution in [3.63, 3.8) is 0 Å². The van der Waals surface area contributed by atoms with Gasteiger partial charge in [0.15, 0.2) is 0 Å². The number of aromatic hydroxyl groups is 1. The number of phenols is 1. The quantitative estimate of drug-likeness (QED) is 0.725. The van der Waals surface area contributed by atoms with Crippen LogP contribution in [0.1, 0.15) is 29.6 Å². The van der Waals surface area contributed by atoms with Crippen LogP contribution in [0.5, 0.6) is 5.75 Å². The number of nitrogens with zero attached hydrogens (tertiary/aromatic N) is 1. The molecule has 1 aromatic rings. The number of carboxylic acids is 1. The molecule has 2 atom stereocenters. The predicted octanol–water partition coefficient (Wildman–Crippen LogP) is 1.23. The lowest BCUT2D eigenvalue weighted by atomic mass is 10.1. The smallest absolute Gasteiger partial charge is 0.335 e. The molecule has 2 unspecified atom stereocenters. The van der Waals surface area contributed by atoms with E-state index in [1.165, 1.54) is 16.4 Å². The molecule has 3 N–H and O–H groups in total. The van der Waals surface area contributed by atoms with Crippen LogP contribution in [0.4, 0.5) is 5.69 Å². The fourth-order valence-electron chi connectivity index (χ4n) is 3.12. The fourth-order valence-corrected chi connectivity index (χ4v) is 4.68. The molecule has 2 bridgehead atoms. The molecule has 1 aliphatic heterocycles. The molecule has 0 amide bonds. The first-order valence-corrected chi connectivity index (χ1v) is 8.17. The number of nitrogens with one attached hydrogen (secondary N) is 1. The van der Waals surface area contributed by atoms with Crippen molar-refractivity contribution in [2.45, 2.75) is 25.3 Å². The third-order valence-corrected chi connectivity index (χ3v) is 5.69. The number of piperidine rings is 1. The van der Waals surface area contributed by atoms with Crippen molar-refractivity contribution in [1.82, 2.24) is 4.31 Å². The van der Waals surface area contributed by atoms with Crippen molar-refractivity contribution in [2.24, 2.45) is 5.92 Å². The molecule has 2 fully saturated rings. The van der Waals surface area contributed by atoms with Crippen LogP contribution in [0.15, 0.2) is 18.2 Å². The summed E-state index contributed by atoms with van der Waals surface area (Å²) in [6.45, 7) is 0.508. The van der Waals surface area contributed by atoms with E-state index in [9.17, 15) is 18.3 Å². The Bertz CT molecular complexity index is 688. The fraction of sp³-hybridized carbons (Fsp3) is 0.462. The summed E-state index contributed by atoms with van der Waals surface area (Å²) < 4.78 is 28.5. The predicted molar refractivity (Wildman–Crippen MR) is 75.4 cm³/mol. The molecule has 114 valence electrons. The third-order valence-electron chi connectivity index (χ3n) is 4.15. The number of rotatable bonds is 4. The standard InChI is InChI=1S/C13H16N2O5S/c16-12-6-9(13(17)18)2-4-11(12)14-21(19,20)15-7-8-1-3-10(15)5-8/h2,4,6,8,10,14,16H,1,3,5,7H2,(H,17,18). The van der Waals surface area contributed by atoms with E-state index in [-0.39, 0.29) is 17.3 Å². The zero-order chi connectivity index (χ0) is 15.2. The van der Waals surface area contributed by atoms with Gasteiger partial charge in [-0.15, -0.1) is 0 Å². The normalized spacial score (nSPS) is 25.1. The number of carboxylic acid groups (broad SMARTS) is 1. The maximum Gasteiger partial charge on any atom is 0.335 e. The Morgan fingerprint density at radius 2 is 2.10 bits per heavy atom. The number of phenolic OH excluding ortho intramolecular Hbond substituents is 1. The first-order chi connectivity index (χ1) is 9.87. The highest BCUT2D eigenvalue weighted by Crippen LogP contribution is 2.39. The Kier molecular flexibility index (Phi) is 3.29. The highest BCUT2D eigenvalue weighted by Gasteiger charge is 2.43. The molecule has 1 heterocycles. The maximum absolute atomic E-state index is 12.4. The second-order valence-electron chi connectivity index (χ2n) is 5.55. The number of benzene rings is 1. The van der Waals surface area contributed by atoms with Gasteiger partial charge in [0.25, 0.3) is 0 Å². The van der Waals surface area contributed by atoms with Crippen LogP contribution in [0.3, 0.4) is 0 Å². The lowest BCUT2D eigenvalue weighted by Gasteiger charge is -2.26. The van der Waals surface area contributed by atoms with Gasteiger partial charge in [0.2, 0.25) is 0 Å². The average molecular weight is 312 g/mol. The summed E-state index contributed by atoms with van der Waals surface area (Å²) in [5.41, 5.74) is -0.113.